The van der Waals surface area contributed by atoms with Gasteiger partial charge in [0, 0.05) is 38.8 Å². The number of carbonyl (C=O) groups is 3. The van der Waals surface area contributed by atoms with E-state index < -0.39 is 0 Å². The van der Waals surface area contributed by atoms with E-state index in [0.29, 0.717) is 32.6 Å². The molecule has 1 N–H and O–H groups in total. The first-order chi connectivity index (χ1) is 12.0. The fraction of sp³-hybridized carbons (Fsp3) is 0.526. The van der Waals surface area contributed by atoms with Crippen molar-refractivity contribution in [3.8, 4) is 0 Å². The van der Waals surface area contributed by atoms with E-state index in [-0.39, 0.29) is 29.6 Å². The summed E-state index contributed by atoms with van der Waals surface area (Å²) in [6.45, 7) is 5.87. The Morgan fingerprint density at radius 3 is 2.32 bits per heavy atom. The van der Waals surface area contributed by atoms with Crippen LogP contribution in [0.5, 0.6) is 0 Å². The van der Waals surface area contributed by atoms with Gasteiger partial charge in [-0.25, -0.2) is 0 Å². The first kappa shape index (κ1) is 17.5. The van der Waals surface area contributed by atoms with Crippen LogP contribution in [0, 0.1) is 11.8 Å². The molecule has 6 heteroatoms. The Kier molecular flexibility index (Phi) is 5.06. The third-order valence-electron chi connectivity index (χ3n) is 5.14. The predicted octanol–water partition coefficient (Wildman–Crippen LogP) is 1.51. The van der Waals surface area contributed by atoms with Gasteiger partial charge in [0.15, 0.2) is 0 Å². The van der Waals surface area contributed by atoms with Gasteiger partial charge < -0.3 is 15.1 Å². The lowest BCUT2D eigenvalue weighted by Crippen LogP contribution is -2.50. The van der Waals surface area contributed by atoms with Crippen LogP contribution < -0.4 is 5.32 Å². The van der Waals surface area contributed by atoms with Gasteiger partial charge in [-0.3, -0.25) is 14.4 Å². The van der Waals surface area contributed by atoms with Crippen molar-refractivity contribution < 1.29 is 14.4 Å². The molecule has 0 aromatic heterocycles. The maximum Gasteiger partial charge on any atom is 0.228 e. The SMILES string of the molecule is CCc1ccccc1NC(=O)C1CC1C(=O)N1CCN(C(C)=O)CC1. The first-order valence-corrected chi connectivity index (χ1v) is 8.94. The van der Waals surface area contributed by atoms with Crippen molar-refractivity contribution in [1.29, 1.82) is 0 Å². The van der Waals surface area contributed by atoms with Crippen LogP contribution in [0.3, 0.4) is 0 Å². The molecular formula is C19H25N3O3. The Morgan fingerprint density at radius 1 is 1.04 bits per heavy atom. The molecule has 1 saturated heterocycles. The van der Waals surface area contributed by atoms with Crippen LogP contribution in [0.25, 0.3) is 0 Å². The molecule has 2 atom stereocenters. The fourth-order valence-corrected chi connectivity index (χ4v) is 3.41. The summed E-state index contributed by atoms with van der Waals surface area (Å²) >= 11 is 0. The van der Waals surface area contributed by atoms with Crippen molar-refractivity contribution >= 4 is 23.4 Å². The average molecular weight is 343 g/mol. The van der Waals surface area contributed by atoms with Crippen LogP contribution in [0.4, 0.5) is 5.69 Å². The van der Waals surface area contributed by atoms with Gasteiger partial charge in [-0.15, -0.1) is 0 Å². The zero-order chi connectivity index (χ0) is 18.0. The number of benzene rings is 1. The lowest BCUT2D eigenvalue weighted by Gasteiger charge is -2.34. The molecular weight excluding hydrogens is 318 g/mol. The Balaban J connectivity index is 1.53. The second-order valence-electron chi connectivity index (χ2n) is 6.78. The highest BCUT2D eigenvalue weighted by Gasteiger charge is 2.49. The zero-order valence-corrected chi connectivity index (χ0v) is 14.8. The van der Waals surface area contributed by atoms with E-state index in [9.17, 15) is 14.4 Å². The Morgan fingerprint density at radius 2 is 1.68 bits per heavy atom. The number of rotatable bonds is 4. The van der Waals surface area contributed by atoms with Crippen molar-refractivity contribution in [3.05, 3.63) is 29.8 Å². The Hall–Kier alpha value is -2.37. The standard InChI is InChI=1S/C19H25N3O3/c1-3-14-6-4-5-7-17(14)20-18(24)15-12-16(15)19(25)22-10-8-21(9-11-22)13(2)23/h4-7,15-16H,3,8-12H2,1-2H3,(H,20,24). The van der Waals surface area contributed by atoms with Gasteiger partial charge in [0.2, 0.25) is 17.7 Å². The third-order valence-corrected chi connectivity index (χ3v) is 5.14. The number of piperazine rings is 1. The smallest absolute Gasteiger partial charge is 0.228 e. The van der Waals surface area contributed by atoms with E-state index >= 15 is 0 Å². The summed E-state index contributed by atoms with van der Waals surface area (Å²) in [5.74, 6) is -0.417. The monoisotopic (exact) mass is 343 g/mol. The number of hydrogen-bond acceptors (Lipinski definition) is 3. The lowest BCUT2D eigenvalue weighted by atomic mass is 10.1. The molecule has 1 aliphatic heterocycles. The van der Waals surface area contributed by atoms with E-state index in [0.717, 1.165) is 17.7 Å². The van der Waals surface area contributed by atoms with Crippen LogP contribution in [0.1, 0.15) is 25.8 Å². The summed E-state index contributed by atoms with van der Waals surface area (Å²) in [7, 11) is 0. The molecule has 134 valence electrons. The number of carbonyl (C=O) groups excluding carboxylic acids is 3. The molecule has 1 saturated carbocycles. The van der Waals surface area contributed by atoms with Crippen LogP contribution in [0.15, 0.2) is 24.3 Å². The summed E-state index contributed by atoms with van der Waals surface area (Å²) in [6, 6.07) is 7.76. The molecule has 2 unspecified atom stereocenters. The second-order valence-corrected chi connectivity index (χ2v) is 6.78. The molecule has 3 amide bonds. The van der Waals surface area contributed by atoms with Crippen molar-refractivity contribution in [3.63, 3.8) is 0 Å². The average Bonchev–Trinajstić information content (AvgIpc) is 3.42. The zero-order valence-electron chi connectivity index (χ0n) is 14.8. The predicted molar refractivity (Wildman–Crippen MR) is 94.9 cm³/mol. The van der Waals surface area contributed by atoms with Gasteiger partial charge in [-0.1, -0.05) is 25.1 Å². The fourth-order valence-electron chi connectivity index (χ4n) is 3.41. The Bertz CT molecular complexity index is 680. The normalized spacial score (nSPS) is 22.5. The number of anilines is 1. The molecule has 0 spiro atoms. The van der Waals surface area contributed by atoms with E-state index in [1.165, 1.54) is 0 Å². The van der Waals surface area contributed by atoms with Crippen LogP contribution in [0.2, 0.25) is 0 Å². The highest BCUT2D eigenvalue weighted by atomic mass is 16.2. The molecule has 2 aliphatic rings. The lowest BCUT2D eigenvalue weighted by molar-refractivity contribution is -0.139. The summed E-state index contributed by atoms with van der Waals surface area (Å²) in [6.07, 6.45) is 1.47. The highest BCUT2D eigenvalue weighted by Crippen LogP contribution is 2.41. The topological polar surface area (TPSA) is 69.7 Å². The molecule has 0 bridgehead atoms. The second kappa shape index (κ2) is 7.25. The summed E-state index contributed by atoms with van der Waals surface area (Å²) in [5.41, 5.74) is 1.93. The van der Waals surface area contributed by atoms with Gasteiger partial charge in [-0.2, -0.15) is 0 Å². The Labute approximate surface area is 148 Å². The molecule has 1 aromatic rings. The van der Waals surface area contributed by atoms with Crippen molar-refractivity contribution in [1.82, 2.24) is 9.80 Å². The number of nitrogens with one attached hydrogen (secondary N) is 1. The summed E-state index contributed by atoms with van der Waals surface area (Å²) < 4.78 is 0. The number of nitrogens with zero attached hydrogens (tertiary/aromatic N) is 2. The molecule has 0 radical (unpaired) electrons. The van der Waals surface area contributed by atoms with E-state index in [1.807, 2.05) is 24.3 Å². The van der Waals surface area contributed by atoms with Crippen LogP contribution >= 0.6 is 0 Å². The van der Waals surface area contributed by atoms with Crippen molar-refractivity contribution in [2.75, 3.05) is 31.5 Å². The van der Waals surface area contributed by atoms with E-state index in [2.05, 4.69) is 12.2 Å². The van der Waals surface area contributed by atoms with Crippen molar-refractivity contribution in [2.45, 2.75) is 26.7 Å². The molecule has 1 heterocycles. The number of para-hydroxylation sites is 1. The van der Waals surface area contributed by atoms with E-state index in [4.69, 9.17) is 0 Å². The first-order valence-electron chi connectivity index (χ1n) is 8.94. The minimum Gasteiger partial charge on any atom is -0.339 e. The van der Waals surface area contributed by atoms with Crippen LogP contribution in [-0.2, 0) is 20.8 Å². The minimum absolute atomic E-state index is 0.0466. The summed E-state index contributed by atoms with van der Waals surface area (Å²) in [5, 5.41) is 2.97. The molecule has 1 aliphatic carbocycles. The molecule has 3 rings (SSSR count). The molecule has 6 nitrogen and oxygen atoms in total. The maximum absolute atomic E-state index is 12.6. The maximum atomic E-state index is 12.6. The van der Waals surface area contributed by atoms with E-state index in [1.54, 1.807) is 16.7 Å². The van der Waals surface area contributed by atoms with Gasteiger partial charge in [-0.05, 0) is 24.5 Å². The van der Waals surface area contributed by atoms with Crippen molar-refractivity contribution in [2.24, 2.45) is 11.8 Å². The van der Waals surface area contributed by atoms with Crippen LogP contribution in [-0.4, -0.2) is 53.7 Å². The number of aryl methyl sites for hydroxylation is 1. The molecule has 1 aromatic carbocycles. The third kappa shape index (κ3) is 3.83. The van der Waals surface area contributed by atoms with Gasteiger partial charge in [0.05, 0.1) is 11.8 Å². The highest BCUT2D eigenvalue weighted by molar-refractivity contribution is 6.00. The summed E-state index contributed by atoms with van der Waals surface area (Å²) in [4.78, 5) is 39.9. The van der Waals surface area contributed by atoms with Gasteiger partial charge in [0.1, 0.15) is 0 Å². The molecule has 2 fully saturated rings. The quantitative estimate of drug-likeness (QED) is 0.901. The minimum atomic E-state index is -0.233. The van der Waals surface area contributed by atoms with Gasteiger partial charge >= 0.3 is 0 Å². The van der Waals surface area contributed by atoms with Gasteiger partial charge in [0.25, 0.3) is 0 Å². The largest absolute Gasteiger partial charge is 0.339 e. The molecule has 25 heavy (non-hydrogen) atoms. The number of hydrogen-bond donors (Lipinski definition) is 1. The number of amides is 3.